The number of rotatable bonds is 3. The van der Waals surface area contributed by atoms with Crippen molar-refractivity contribution < 1.29 is 0 Å². The lowest BCUT2D eigenvalue weighted by Gasteiger charge is -2.33. The van der Waals surface area contributed by atoms with E-state index in [1.54, 1.807) is 4.88 Å². The molecule has 1 aliphatic rings. The average Bonchev–Trinajstić information content (AvgIpc) is 2.92. The smallest absolute Gasteiger partial charge is 0.103 e. The van der Waals surface area contributed by atoms with Crippen molar-refractivity contribution in [2.75, 3.05) is 6.54 Å². The highest BCUT2D eigenvalue weighted by Crippen LogP contribution is 2.33. The summed E-state index contributed by atoms with van der Waals surface area (Å²) in [6.45, 7) is 4.41. The number of benzene rings is 1. The Hall–Kier alpha value is -1.23. The van der Waals surface area contributed by atoms with Gasteiger partial charge in [0.15, 0.2) is 0 Å². The standard InChI is InChI=1S/C16H18N2S2/c1-11-14-7-9-20-15(14)6-8-18(11)10-12-2-4-13(5-3-12)16(17)19/h2-5,7,9,11H,6,8,10H2,1H3,(H2,17,19). The number of thiophene rings is 1. The van der Waals surface area contributed by atoms with E-state index in [1.165, 1.54) is 17.5 Å². The minimum Gasteiger partial charge on any atom is -0.389 e. The molecule has 104 valence electrons. The van der Waals surface area contributed by atoms with Crippen molar-refractivity contribution >= 4 is 28.5 Å². The molecule has 3 rings (SSSR count). The van der Waals surface area contributed by atoms with Crippen LogP contribution in [0.15, 0.2) is 35.7 Å². The van der Waals surface area contributed by atoms with Crippen LogP contribution in [0.1, 0.15) is 34.5 Å². The van der Waals surface area contributed by atoms with E-state index < -0.39 is 0 Å². The Morgan fingerprint density at radius 1 is 1.35 bits per heavy atom. The number of hydrogen-bond donors (Lipinski definition) is 1. The highest BCUT2D eigenvalue weighted by Gasteiger charge is 2.24. The van der Waals surface area contributed by atoms with E-state index in [2.05, 4.69) is 35.4 Å². The van der Waals surface area contributed by atoms with Crippen molar-refractivity contribution in [3.8, 4) is 0 Å². The van der Waals surface area contributed by atoms with E-state index in [0.717, 1.165) is 18.7 Å². The highest BCUT2D eigenvalue weighted by atomic mass is 32.1. The number of hydrogen-bond acceptors (Lipinski definition) is 3. The molecule has 0 saturated carbocycles. The summed E-state index contributed by atoms with van der Waals surface area (Å²) in [5.41, 5.74) is 9.39. The molecule has 0 bridgehead atoms. The first kappa shape index (κ1) is 13.7. The minimum absolute atomic E-state index is 0.464. The van der Waals surface area contributed by atoms with Crippen LogP contribution >= 0.6 is 23.6 Å². The second-order valence-electron chi connectivity index (χ2n) is 5.26. The van der Waals surface area contributed by atoms with Gasteiger partial charge in [0.1, 0.15) is 4.99 Å². The SMILES string of the molecule is CC1c2ccsc2CCN1Cc1ccc(C(N)=S)cc1. The van der Waals surface area contributed by atoms with Gasteiger partial charge in [-0.05, 0) is 35.9 Å². The second-order valence-corrected chi connectivity index (χ2v) is 6.70. The molecule has 1 atom stereocenters. The van der Waals surface area contributed by atoms with Crippen LogP contribution < -0.4 is 5.73 Å². The van der Waals surface area contributed by atoms with Crippen molar-refractivity contribution in [1.29, 1.82) is 0 Å². The van der Waals surface area contributed by atoms with Gasteiger partial charge in [0.2, 0.25) is 0 Å². The van der Waals surface area contributed by atoms with E-state index in [-0.39, 0.29) is 0 Å². The normalized spacial score (nSPS) is 18.8. The average molecular weight is 302 g/mol. The molecule has 1 unspecified atom stereocenters. The van der Waals surface area contributed by atoms with Crippen LogP contribution in [-0.4, -0.2) is 16.4 Å². The largest absolute Gasteiger partial charge is 0.389 e. The van der Waals surface area contributed by atoms with E-state index in [9.17, 15) is 0 Å². The lowest BCUT2D eigenvalue weighted by Crippen LogP contribution is -2.32. The molecule has 1 aromatic heterocycles. The summed E-state index contributed by atoms with van der Waals surface area (Å²) in [6, 6.07) is 11.1. The maximum atomic E-state index is 5.63. The van der Waals surface area contributed by atoms with Gasteiger partial charge in [0, 0.05) is 29.6 Å². The predicted octanol–water partition coefficient (Wildman–Crippen LogP) is 3.50. The summed E-state index contributed by atoms with van der Waals surface area (Å²) in [5.74, 6) is 0. The lowest BCUT2D eigenvalue weighted by molar-refractivity contribution is 0.191. The van der Waals surface area contributed by atoms with Gasteiger partial charge in [-0.2, -0.15) is 0 Å². The molecule has 20 heavy (non-hydrogen) atoms. The number of fused-ring (bicyclic) bond motifs is 1. The van der Waals surface area contributed by atoms with Gasteiger partial charge in [0.05, 0.1) is 0 Å². The van der Waals surface area contributed by atoms with E-state index in [0.29, 0.717) is 11.0 Å². The maximum Gasteiger partial charge on any atom is 0.103 e. The zero-order chi connectivity index (χ0) is 14.1. The van der Waals surface area contributed by atoms with Crippen molar-refractivity contribution in [3.63, 3.8) is 0 Å². The van der Waals surface area contributed by atoms with Crippen molar-refractivity contribution in [2.24, 2.45) is 5.73 Å². The third-order valence-corrected chi connectivity index (χ3v) is 5.26. The Labute approximate surface area is 129 Å². The van der Waals surface area contributed by atoms with Crippen LogP contribution in [0.2, 0.25) is 0 Å². The predicted molar refractivity (Wildman–Crippen MR) is 89.2 cm³/mol. The van der Waals surface area contributed by atoms with Crippen LogP contribution in [0.3, 0.4) is 0 Å². The summed E-state index contributed by atoms with van der Waals surface area (Å²) in [5, 5.41) is 2.21. The Morgan fingerprint density at radius 2 is 2.10 bits per heavy atom. The third kappa shape index (κ3) is 2.64. The first-order valence-electron chi connectivity index (χ1n) is 6.84. The Balaban J connectivity index is 1.74. The first-order valence-corrected chi connectivity index (χ1v) is 8.13. The van der Waals surface area contributed by atoms with Gasteiger partial charge in [-0.15, -0.1) is 11.3 Å². The number of thiocarbonyl (C=S) groups is 1. The van der Waals surface area contributed by atoms with Crippen LogP contribution in [0.25, 0.3) is 0 Å². The van der Waals surface area contributed by atoms with Gasteiger partial charge in [-0.3, -0.25) is 4.90 Å². The molecule has 0 amide bonds. The summed E-state index contributed by atoms with van der Waals surface area (Å²) in [6.07, 6.45) is 1.17. The van der Waals surface area contributed by atoms with Crippen molar-refractivity contribution in [1.82, 2.24) is 4.90 Å². The second kappa shape index (κ2) is 5.64. The molecule has 2 N–H and O–H groups in total. The molecule has 1 aliphatic heterocycles. The summed E-state index contributed by atoms with van der Waals surface area (Å²) < 4.78 is 0. The van der Waals surface area contributed by atoms with Crippen LogP contribution in [-0.2, 0) is 13.0 Å². The van der Waals surface area contributed by atoms with Crippen LogP contribution in [0.5, 0.6) is 0 Å². The van der Waals surface area contributed by atoms with Crippen LogP contribution in [0.4, 0.5) is 0 Å². The monoisotopic (exact) mass is 302 g/mol. The van der Waals surface area contributed by atoms with Crippen LogP contribution in [0, 0.1) is 0 Å². The van der Waals surface area contributed by atoms with Crippen molar-refractivity contribution in [2.45, 2.75) is 25.9 Å². The van der Waals surface area contributed by atoms with Gasteiger partial charge in [-0.25, -0.2) is 0 Å². The molecule has 4 heteroatoms. The Bertz CT molecular complexity index is 616. The molecule has 2 heterocycles. The Kier molecular flexibility index (Phi) is 3.87. The quantitative estimate of drug-likeness (QED) is 0.880. The van der Waals surface area contributed by atoms with Crippen molar-refractivity contribution in [3.05, 3.63) is 57.3 Å². The molecule has 0 radical (unpaired) electrons. The zero-order valence-electron chi connectivity index (χ0n) is 11.5. The summed E-state index contributed by atoms with van der Waals surface area (Å²) in [4.78, 5) is 4.55. The molecule has 2 nitrogen and oxygen atoms in total. The molecular formula is C16H18N2S2. The van der Waals surface area contributed by atoms with Gasteiger partial charge < -0.3 is 5.73 Å². The molecule has 0 saturated heterocycles. The molecular weight excluding hydrogens is 284 g/mol. The summed E-state index contributed by atoms with van der Waals surface area (Å²) >= 11 is 6.88. The van der Waals surface area contributed by atoms with Gasteiger partial charge in [0.25, 0.3) is 0 Å². The molecule has 0 spiro atoms. The zero-order valence-corrected chi connectivity index (χ0v) is 13.1. The molecule has 2 aromatic rings. The topological polar surface area (TPSA) is 29.3 Å². The molecule has 0 fully saturated rings. The van der Waals surface area contributed by atoms with E-state index >= 15 is 0 Å². The lowest BCUT2D eigenvalue weighted by atomic mass is 10.0. The number of nitrogens with zero attached hydrogens (tertiary/aromatic N) is 1. The fraction of sp³-hybridized carbons (Fsp3) is 0.312. The third-order valence-electron chi connectivity index (χ3n) is 4.03. The van der Waals surface area contributed by atoms with E-state index in [4.69, 9.17) is 18.0 Å². The minimum atomic E-state index is 0.464. The molecule has 0 aliphatic carbocycles. The first-order chi connectivity index (χ1) is 9.65. The maximum absolute atomic E-state index is 5.63. The fourth-order valence-corrected chi connectivity index (χ4v) is 3.89. The number of nitrogens with two attached hydrogens (primary N) is 1. The van der Waals surface area contributed by atoms with Gasteiger partial charge in [-0.1, -0.05) is 36.5 Å². The fourth-order valence-electron chi connectivity index (χ4n) is 2.79. The molecule has 1 aromatic carbocycles. The Morgan fingerprint density at radius 3 is 2.80 bits per heavy atom. The summed E-state index contributed by atoms with van der Waals surface area (Å²) in [7, 11) is 0. The van der Waals surface area contributed by atoms with E-state index in [1.807, 2.05) is 23.5 Å². The van der Waals surface area contributed by atoms with Gasteiger partial charge >= 0.3 is 0 Å². The highest BCUT2D eigenvalue weighted by molar-refractivity contribution is 7.80.